The fourth-order valence-electron chi connectivity index (χ4n) is 2.15. The van der Waals surface area contributed by atoms with Gasteiger partial charge in [0.25, 0.3) is 0 Å². The number of hydrogen-bond acceptors (Lipinski definition) is 4. The van der Waals surface area contributed by atoms with Gasteiger partial charge in [0.1, 0.15) is 5.82 Å². The molecule has 0 radical (unpaired) electrons. The average Bonchev–Trinajstić information content (AvgIpc) is 3.08. The zero-order valence-electron chi connectivity index (χ0n) is 14.0. The lowest BCUT2D eigenvalue weighted by Crippen LogP contribution is -2.22. The second-order valence-electron chi connectivity index (χ2n) is 5.51. The monoisotopic (exact) mass is 384 g/mol. The highest BCUT2D eigenvalue weighted by Gasteiger charge is 2.17. The summed E-state index contributed by atoms with van der Waals surface area (Å²) in [6, 6.07) is 17.0. The van der Waals surface area contributed by atoms with Crippen molar-refractivity contribution in [2.75, 3.05) is 5.32 Å². The van der Waals surface area contributed by atoms with Crippen LogP contribution < -0.4 is 5.32 Å². The lowest BCUT2D eigenvalue weighted by Gasteiger charge is -2.10. The highest BCUT2D eigenvalue weighted by atomic mass is 35.5. The molecule has 2 aromatic carbocycles. The Morgan fingerprint density at radius 1 is 1.19 bits per heavy atom. The third-order valence-electron chi connectivity index (χ3n) is 3.46. The minimum absolute atomic E-state index is 0.136. The van der Waals surface area contributed by atoms with E-state index in [4.69, 9.17) is 11.6 Å². The van der Waals surface area contributed by atoms with Gasteiger partial charge in [0.2, 0.25) is 11.1 Å². The number of halogens is 1. The van der Waals surface area contributed by atoms with Gasteiger partial charge in [-0.15, -0.1) is 5.10 Å². The number of nitrogens with one attached hydrogen (secondary N) is 2. The van der Waals surface area contributed by atoms with E-state index < -0.39 is 0 Å². The number of hydrogen-bond donors (Lipinski definition) is 2. The lowest BCUT2D eigenvalue weighted by atomic mass is 10.2. The van der Waals surface area contributed by atoms with Crippen LogP contribution in [0.3, 0.4) is 0 Å². The van der Waals surface area contributed by atoms with Crippen molar-refractivity contribution >= 4 is 47.1 Å². The third-order valence-corrected chi connectivity index (χ3v) is 4.66. The predicted octanol–water partition coefficient (Wildman–Crippen LogP) is 4.75. The van der Waals surface area contributed by atoms with Crippen LogP contribution >= 0.6 is 23.4 Å². The maximum Gasteiger partial charge on any atom is 0.237 e. The zero-order chi connectivity index (χ0) is 18.4. The van der Waals surface area contributed by atoms with Gasteiger partial charge in [-0.05, 0) is 36.8 Å². The van der Waals surface area contributed by atoms with E-state index in [1.165, 1.54) is 11.8 Å². The van der Waals surface area contributed by atoms with E-state index in [1.807, 2.05) is 42.5 Å². The SMILES string of the molecule is CC(Sc1n[nH]c(C=Cc2ccccc2)n1)C(=O)Nc1cccc(Cl)c1. The Labute approximate surface area is 160 Å². The van der Waals surface area contributed by atoms with Crippen molar-refractivity contribution in [1.82, 2.24) is 15.2 Å². The molecule has 2 N–H and O–H groups in total. The van der Waals surface area contributed by atoms with Crippen molar-refractivity contribution in [1.29, 1.82) is 0 Å². The largest absolute Gasteiger partial charge is 0.325 e. The van der Waals surface area contributed by atoms with Crippen LogP contribution in [-0.4, -0.2) is 26.3 Å². The first-order valence-corrected chi connectivity index (χ1v) is 9.24. The van der Waals surface area contributed by atoms with Gasteiger partial charge in [-0.3, -0.25) is 9.89 Å². The molecule has 3 rings (SSSR count). The number of thioether (sulfide) groups is 1. The molecule has 1 unspecified atom stereocenters. The van der Waals surface area contributed by atoms with Gasteiger partial charge < -0.3 is 5.32 Å². The molecule has 0 aliphatic heterocycles. The standard InChI is InChI=1S/C19H17ClN4OS/c1-13(18(25)21-16-9-5-8-15(20)12-16)26-19-22-17(23-24-19)11-10-14-6-3-2-4-7-14/h2-13H,1H3,(H,21,25)(H,22,23,24). The van der Waals surface area contributed by atoms with Gasteiger partial charge in [0.05, 0.1) is 5.25 Å². The zero-order valence-corrected chi connectivity index (χ0v) is 15.6. The first-order valence-electron chi connectivity index (χ1n) is 7.99. The van der Waals surface area contributed by atoms with E-state index in [2.05, 4.69) is 20.5 Å². The van der Waals surface area contributed by atoms with Gasteiger partial charge in [-0.25, -0.2) is 4.98 Å². The minimum atomic E-state index is -0.351. The summed E-state index contributed by atoms with van der Waals surface area (Å²) in [5, 5.41) is 10.6. The molecule has 3 aromatic rings. The highest BCUT2D eigenvalue weighted by Crippen LogP contribution is 2.22. The van der Waals surface area contributed by atoms with Gasteiger partial charge in [0.15, 0.2) is 0 Å². The van der Waals surface area contributed by atoms with Crippen molar-refractivity contribution in [3.63, 3.8) is 0 Å². The quantitative estimate of drug-likeness (QED) is 0.602. The van der Waals surface area contributed by atoms with Crippen LogP contribution in [0.2, 0.25) is 5.02 Å². The third kappa shape index (κ3) is 5.21. The number of nitrogens with zero attached hydrogens (tertiary/aromatic N) is 2. The molecule has 0 saturated heterocycles. The second kappa shape index (κ2) is 8.69. The maximum atomic E-state index is 12.3. The van der Waals surface area contributed by atoms with Gasteiger partial charge in [-0.2, -0.15) is 0 Å². The highest BCUT2D eigenvalue weighted by molar-refractivity contribution is 8.00. The summed E-state index contributed by atoms with van der Waals surface area (Å²) < 4.78 is 0. The van der Waals surface area contributed by atoms with E-state index in [1.54, 1.807) is 31.2 Å². The molecule has 132 valence electrons. The van der Waals surface area contributed by atoms with Crippen LogP contribution in [0.25, 0.3) is 12.2 Å². The number of amides is 1. The first-order chi connectivity index (χ1) is 12.6. The molecule has 0 aliphatic rings. The molecular formula is C19H17ClN4OS. The molecule has 0 bridgehead atoms. The first kappa shape index (κ1) is 18.2. The number of aromatic amines is 1. The molecular weight excluding hydrogens is 368 g/mol. The Kier molecular flexibility index (Phi) is 6.09. The summed E-state index contributed by atoms with van der Waals surface area (Å²) in [6.07, 6.45) is 3.80. The van der Waals surface area contributed by atoms with Crippen molar-refractivity contribution in [3.8, 4) is 0 Å². The van der Waals surface area contributed by atoms with Crippen LogP contribution in [-0.2, 0) is 4.79 Å². The minimum Gasteiger partial charge on any atom is -0.325 e. The summed E-state index contributed by atoms with van der Waals surface area (Å²) in [5.74, 6) is 0.502. The smallest absolute Gasteiger partial charge is 0.237 e. The molecule has 1 amide bonds. The molecule has 0 fully saturated rings. The number of carbonyl (C=O) groups is 1. The van der Waals surface area contributed by atoms with E-state index in [9.17, 15) is 4.79 Å². The molecule has 1 atom stereocenters. The molecule has 0 saturated carbocycles. The van der Waals surface area contributed by atoms with E-state index in [0.717, 1.165) is 5.56 Å². The fourth-order valence-corrected chi connectivity index (χ4v) is 3.07. The molecule has 7 heteroatoms. The van der Waals surface area contributed by atoms with Crippen LogP contribution in [0.4, 0.5) is 5.69 Å². The summed E-state index contributed by atoms with van der Waals surface area (Å²) >= 11 is 7.21. The van der Waals surface area contributed by atoms with Crippen molar-refractivity contribution < 1.29 is 4.79 Å². The number of rotatable bonds is 6. The number of aromatic nitrogens is 3. The number of benzene rings is 2. The van der Waals surface area contributed by atoms with E-state index in [-0.39, 0.29) is 11.2 Å². The Hall–Kier alpha value is -2.57. The van der Waals surface area contributed by atoms with Gasteiger partial charge >= 0.3 is 0 Å². The van der Waals surface area contributed by atoms with Gasteiger partial charge in [0, 0.05) is 10.7 Å². The van der Waals surface area contributed by atoms with Crippen molar-refractivity contribution in [3.05, 3.63) is 71.0 Å². The maximum absolute atomic E-state index is 12.3. The number of anilines is 1. The molecule has 0 aliphatic carbocycles. The van der Waals surface area contributed by atoms with Crippen LogP contribution in [0.5, 0.6) is 0 Å². The Bertz CT molecular complexity index is 911. The topological polar surface area (TPSA) is 70.7 Å². The van der Waals surface area contributed by atoms with Gasteiger partial charge in [-0.1, -0.05) is 65.8 Å². The molecule has 1 heterocycles. The Morgan fingerprint density at radius 3 is 2.77 bits per heavy atom. The molecule has 1 aromatic heterocycles. The van der Waals surface area contributed by atoms with E-state index in [0.29, 0.717) is 21.7 Å². The fraction of sp³-hybridized carbons (Fsp3) is 0.105. The number of carbonyl (C=O) groups excluding carboxylic acids is 1. The van der Waals surface area contributed by atoms with E-state index >= 15 is 0 Å². The average molecular weight is 385 g/mol. The number of H-pyrrole nitrogens is 1. The summed E-state index contributed by atoms with van der Waals surface area (Å²) in [6.45, 7) is 1.81. The summed E-state index contributed by atoms with van der Waals surface area (Å²) in [4.78, 5) is 16.7. The van der Waals surface area contributed by atoms with Crippen molar-refractivity contribution in [2.45, 2.75) is 17.3 Å². The molecule has 0 spiro atoms. The normalized spacial score (nSPS) is 12.2. The molecule has 5 nitrogen and oxygen atoms in total. The summed E-state index contributed by atoms with van der Waals surface area (Å²) in [5.41, 5.74) is 1.74. The van der Waals surface area contributed by atoms with Crippen LogP contribution in [0.1, 0.15) is 18.3 Å². The second-order valence-corrected chi connectivity index (χ2v) is 7.25. The molecule has 26 heavy (non-hydrogen) atoms. The Balaban J connectivity index is 1.57. The predicted molar refractivity (Wildman–Crippen MR) is 107 cm³/mol. The Morgan fingerprint density at radius 2 is 2.00 bits per heavy atom. The van der Waals surface area contributed by atoms with Crippen molar-refractivity contribution in [2.24, 2.45) is 0 Å². The van der Waals surface area contributed by atoms with Crippen LogP contribution in [0, 0.1) is 0 Å². The summed E-state index contributed by atoms with van der Waals surface area (Å²) in [7, 11) is 0. The van der Waals surface area contributed by atoms with Crippen LogP contribution in [0.15, 0.2) is 59.8 Å². The lowest BCUT2D eigenvalue weighted by molar-refractivity contribution is -0.115.